The van der Waals surface area contributed by atoms with Gasteiger partial charge in [0.1, 0.15) is 11.5 Å². The summed E-state index contributed by atoms with van der Waals surface area (Å²) in [5.74, 6) is 0.803. The quantitative estimate of drug-likeness (QED) is 0.727. The van der Waals surface area contributed by atoms with Crippen LogP contribution in [0.15, 0.2) is 42.5 Å². The van der Waals surface area contributed by atoms with Gasteiger partial charge in [0.15, 0.2) is 0 Å². The van der Waals surface area contributed by atoms with Crippen LogP contribution in [0.25, 0.3) is 0 Å². The van der Waals surface area contributed by atoms with Crippen molar-refractivity contribution in [3.05, 3.63) is 57.2 Å². The van der Waals surface area contributed by atoms with Crippen LogP contribution in [-0.2, 0) is 6.42 Å². The van der Waals surface area contributed by atoms with Crippen molar-refractivity contribution in [2.45, 2.75) is 20.3 Å². The fourth-order valence-corrected chi connectivity index (χ4v) is 2.70. The Bertz CT molecular complexity index is 633. The maximum Gasteiger partial charge on any atom is 0.140 e. The number of benzene rings is 2. The van der Waals surface area contributed by atoms with Gasteiger partial charge in [0.25, 0.3) is 0 Å². The Morgan fingerprint density at radius 2 is 1.86 bits per heavy atom. The van der Waals surface area contributed by atoms with E-state index in [2.05, 4.69) is 48.6 Å². The van der Waals surface area contributed by atoms with Gasteiger partial charge in [0.2, 0.25) is 0 Å². The maximum atomic E-state index is 10.7. The summed E-state index contributed by atoms with van der Waals surface area (Å²) >= 11 is 2.25. The molecule has 0 spiro atoms. The number of aromatic carboxylic acids is 1. The van der Waals surface area contributed by atoms with Crippen LogP contribution in [-0.4, -0.2) is 5.97 Å². The summed E-state index contributed by atoms with van der Waals surface area (Å²) in [6.45, 7) is 4.38. The molecule has 0 unspecified atom stereocenters. The van der Waals surface area contributed by atoms with Crippen LogP contribution in [0, 0.1) is 9.49 Å². The van der Waals surface area contributed by atoms with Gasteiger partial charge in [0.05, 0.1) is 9.54 Å². The molecule has 2 aromatic carbocycles. The number of carboxylic acids is 1. The number of carboxylic acid groups (broad SMARTS) is 1. The SMILES string of the molecule is CC(C)Cc1ccc(Oc2ccc(C(=O)[O-])cc2)c(I)c1. The molecule has 0 heterocycles. The van der Waals surface area contributed by atoms with Crippen molar-refractivity contribution in [1.29, 1.82) is 0 Å². The van der Waals surface area contributed by atoms with Crippen molar-refractivity contribution in [2.75, 3.05) is 0 Å². The molecular formula is C17H16IO3-. The number of carbonyl (C=O) groups excluding carboxylic acids is 1. The highest BCUT2D eigenvalue weighted by molar-refractivity contribution is 14.1. The van der Waals surface area contributed by atoms with Gasteiger partial charge in [-0.2, -0.15) is 0 Å². The minimum atomic E-state index is -1.19. The summed E-state index contributed by atoms with van der Waals surface area (Å²) in [4.78, 5) is 10.7. The van der Waals surface area contributed by atoms with Crippen molar-refractivity contribution in [3.8, 4) is 11.5 Å². The van der Waals surface area contributed by atoms with E-state index in [1.54, 1.807) is 12.1 Å². The first kappa shape index (κ1) is 15.8. The Morgan fingerprint density at radius 3 is 2.38 bits per heavy atom. The summed E-state index contributed by atoms with van der Waals surface area (Å²) < 4.78 is 6.82. The second kappa shape index (κ2) is 6.93. The first-order chi connectivity index (χ1) is 9.95. The molecule has 0 fully saturated rings. The van der Waals surface area contributed by atoms with Crippen molar-refractivity contribution < 1.29 is 14.6 Å². The summed E-state index contributed by atoms with van der Waals surface area (Å²) in [7, 11) is 0. The second-order valence-corrected chi connectivity index (χ2v) is 6.44. The molecule has 0 saturated carbocycles. The van der Waals surface area contributed by atoms with E-state index in [0.717, 1.165) is 15.7 Å². The second-order valence-electron chi connectivity index (χ2n) is 5.28. The van der Waals surface area contributed by atoms with Crippen molar-refractivity contribution >= 4 is 28.6 Å². The summed E-state index contributed by atoms with van der Waals surface area (Å²) in [6, 6.07) is 12.3. The smallest absolute Gasteiger partial charge is 0.140 e. The van der Waals surface area contributed by atoms with E-state index < -0.39 is 5.97 Å². The lowest BCUT2D eigenvalue weighted by Gasteiger charge is -2.11. The Labute approximate surface area is 138 Å². The number of halogens is 1. The van der Waals surface area contributed by atoms with Crippen LogP contribution in [0.5, 0.6) is 11.5 Å². The lowest BCUT2D eigenvalue weighted by atomic mass is 10.0. The lowest BCUT2D eigenvalue weighted by Crippen LogP contribution is -2.21. The number of hydrogen-bond acceptors (Lipinski definition) is 3. The van der Waals surface area contributed by atoms with E-state index in [1.165, 1.54) is 17.7 Å². The Hall–Kier alpha value is -1.56. The number of rotatable bonds is 5. The normalized spacial score (nSPS) is 10.7. The highest BCUT2D eigenvalue weighted by atomic mass is 127. The van der Waals surface area contributed by atoms with Crippen LogP contribution in [0.1, 0.15) is 29.8 Å². The largest absolute Gasteiger partial charge is 0.545 e. The molecule has 3 nitrogen and oxygen atoms in total. The summed E-state index contributed by atoms with van der Waals surface area (Å²) in [5.41, 5.74) is 1.43. The van der Waals surface area contributed by atoms with Crippen molar-refractivity contribution in [1.82, 2.24) is 0 Å². The average molecular weight is 395 g/mol. The van der Waals surface area contributed by atoms with Crippen LogP contribution in [0.4, 0.5) is 0 Å². The molecule has 4 heteroatoms. The molecular weight excluding hydrogens is 379 g/mol. The van der Waals surface area contributed by atoms with E-state index in [4.69, 9.17) is 4.74 Å². The van der Waals surface area contributed by atoms with Gasteiger partial charge >= 0.3 is 0 Å². The zero-order valence-electron chi connectivity index (χ0n) is 11.9. The molecule has 2 aromatic rings. The number of ether oxygens (including phenoxy) is 1. The van der Waals surface area contributed by atoms with E-state index in [-0.39, 0.29) is 5.56 Å². The lowest BCUT2D eigenvalue weighted by molar-refractivity contribution is -0.255. The van der Waals surface area contributed by atoms with Crippen molar-refractivity contribution in [2.24, 2.45) is 5.92 Å². The predicted octanol–water partition coefficient (Wildman–Crippen LogP) is 3.65. The molecule has 0 radical (unpaired) electrons. The number of hydrogen-bond donors (Lipinski definition) is 0. The molecule has 0 aliphatic rings. The van der Waals surface area contributed by atoms with Gasteiger partial charge < -0.3 is 14.6 Å². The van der Waals surface area contributed by atoms with E-state index >= 15 is 0 Å². The van der Waals surface area contributed by atoms with E-state index in [1.807, 2.05) is 6.07 Å². The van der Waals surface area contributed by atoms with Gasteiger partial charge in [-0.25, -0.2) is 0 Å². The Balaban J connectivity index is 2.14. The molecule has 0 saturated heterocycles. The van der Waals surface area contributed by atoms with Crippen LogP contribution < -0.4 is 9.84 Å². The summed E-state index contributed by atoms with van der Waals surface area (Å²) in [6.07, 6.45) is 1.04. The van der Waals surface area contributed by atoms with Crippen LogP contribution >= 0.6 is 22.6 Å². The Morgan fingerprint density at radius 1 is 1.19 bits per heavy atom. The monoisotopic (exact) mass is 395 g/mol. The molecule has 110 valence electrons. The zero-order valence-corrected chi connectivity index (χ0v) is 14.1. The first-order valence-corrected chi connectivity index (χ1v) is 7.81. The predicted molar refractivity (Wildman–Crippen MR) is 88.5 cm³/mol. The fraction of sp³-hybridized carbons (Fsp3) is 0.235. The maximum absolute atomic E-state index is 10.7. The molecule has 0 aliphatic heterocycles. The minimum Gasteiger partial charge on any atom is -0.545 e. The fourth-order valence-electron chi connectivity index (χ4n) is 2.01. The van der Waals surface area contributed by atoms with Crippen LogP contribution in [0.2, 0.25) is 0 Å². The molecule has 0 amide bonds. The molecule has 0 N–H and O–H groups in total. The third kappa shape index (κ3) is 4.46. The molecule has 0 aromatic heterocycles. The van der Waals surface area contributed by atoms with Gasteiger partial charge in [-0.05, 0) is 82.5 Å². The highest BCUT2D eigenvalue weighted by Gasteiger charge is 2.06. The van der Waals surface area contributed by atoms with Crippen LogP contribution in [0.3, 0.4) is 0 Å². The molecule has 0 atom stereocenters. The van der Waals surface area contributed by atoms with Gasteiger partial charge in [-0.15, -0.1) is 0 Å². The third-order valence-corrected chi connectivity index (χ3v) is 3.80. The zero-order chi connectivity index (χ0) is 15.4. The van der Waals surface area contributed by atoms with Gasteiger partial charge in [0, 0.05) is 0 Å². The molecule has 21 heavy (non-hydrogen) atoms. The topological polar surface area (TPSA) is 49.4 Å². The molecule has 2 rings (SSSR count). The average Bonchev–Trinajstić information content (AvgIpc) is 2.42. The number of carbonyl (C=O) groups is 1. The van der Waals surface area contributed by atoms with Crippen molar-refractivity contribution in [3.63, 3.8) is 0 Å². The highest BCUT2D eigenvalue weighted by Crippen LogP contribution is 2.28. The molecule has 0 aliphatic carbocycles. The standard InChI is InChI=1S/C17H17IO3/c1-11(2)9-12-3-8-16(15(18)10-12)21-14-6-4-13(5-7-14)17(19)20/h3-8,10-11H,9H2,1-2H3,(H,19,20)/p-1. The minimum absolute atomic E-state index is 0.143. The van der Waals surface area contributed by atoms with Gasteiger partial charge in [-0.3, -0.25) is 0 Å². The van der Waals surface area contributed by atoms with E-state index in [9.17, 15) is 9.90 Å². The third-order valence-electron chi connectivity index (χ3n) is 2.96. The molecule has 0 bridgehead atoms. The van der Waals surface area contributed by atoms with Gasteiger partial charge in [-0.1, -0.05) is 19.9 Å². The first-order valence-electron chi connectivity index (χ1n) is 6.73. The summed E-state index contributed by atoms with van der Waals surface area (Å²) in [5, 5.41) is 10.7. The Kier molecular flexibility index (Phi) is 5.22. The van der Waals surface area contributed by atoms with E-state index in [0.29, 0.717) is 11.7 Å².